The Kier molecular flexibility index (Phi) is 6.15. The number of rotatable bonds is 6. The van der Waals surface area contributed by atoms with E-state index in [-0.39, 0.29) is 0 Å². The summed E-state index contributed by atoms with van der Waals surface area (Å²) in [6.07, 6.45) is 6.82. The molecule has 0 aromatic rings. The predicted molar refractivity (Wildman–Crippen MR) is 73.5 cm³/mol. The molecule has 1 aliphatic rings. The molecule has 1 fully saturated rings. The first kappa shape index (κ1) is 14.7. The van der Waals surface area contributed by atoms with E-state index in [1.54, 1.807) is 0 Å². The van der Waals surface area contributed by atoms with Crippen molar-refractivity contribution in [3.63, 3.8) is 0 Å². The van der Waals surface area contributed by atoms with Crippen LogP contribution in [0.15, 0.2) is 0 Å². The fourth-order valence-electron chi connectivity index (χ4n) is 1.85. The molecule has 0 saturated heterocycles. The molecule has 0 aromatic carbocycles. The van der Waals surface area contributed by atoms with Crippen LogP contribution in [0.25, 0.3) is 0 Å². The molecule has 5 nitrogen and oxygen atoms in total. The molecular formula is C10H21N3O2S2. The minimum absolute atomic E-state index is 0.442. The van der Waals surface area contributed by atoms with Gasteiger partial charge in [0, 0.05) is 19.1 Å². The van der Waals surface area contributed by atoms with Gasteiger partial charge in [-0.15, -0.1) is 0 Å². The van der Waals surface area contributed by atoms with Crippen LogP contribution in [0.3, 0.4) is 0 Å². The van der Waals surface area contributed by atoms with E-state index in [9.17, 15) is 8.42 Å². The van der Waals surface area contributed by atoms with Crippen molar-refractivity contribution >= 4 is 27.4 Å². The van der Waals surface area contributed by atoms with Crippen LogP contribution < -0.4 is 15.4 Å². The quantitative estimate of drug-likeness (QED) is 0.483. The maximum Gasteiger partial charge on any atom is 0.208 e. The molecule has 0 unspecified atom stereocenters. The summed E-state index contributed by atoms with van der Waals surface area (Å²) in [5.74, 6) is 0. The minimum Gasteiger partial charge on any atom is -0.363 e. The highest BCUT2D eigenvalue weighted by Crippen LogP contribution is 2.17. The highest BCUT2D eigenvalue weighted by atomic mass is 32.2. The lowest BCUT2D eigenvalue weighted by molar-refractivity contribution is 0.583. The molecular weight excluding hydrogens is 258 g/mol. The lowest BCUT2D eigenvalue weighted by atomic mass is 10.3. The lowest BCUT2D eigenvalue weighted by Crippen LogP contribution is -2.41. The molecule has 1 aliphatic carbocycles. The Bertz CT molecular complexity index is 337. The predicted octanol–water partition coefficient (Wildman–Crippen LogP) is 0.332. The van der Waals surface area contributed by atoms with Crippen LogP contribution in [0.4, 0.5) is 0 Å². The molecule has 3 N–H and O–H groups in total. The zero-order chi connectivity index (χ0) is 12.7. The third kappa shape index (κ3) is 7.51. The fourth-order valence-corrected chi connectivity index (χ4v) is 2.64. The maximum absolute atomic E-state index is 10.8. The number of hydrogen-bond acceptors (Lipinski definition) is 3. The number of sulfonamides is 1. The van der Waals surface area contributed by atoms with Crippen LogP contribution in [0.2, 0.25) is 0 Å². The first-order valence-electron chi connectivity index (χ1n) is 5.96. The first-order chi connectivity index (χ1) is 7.97. The smallest absolute Gasteiger partial charge is 0.208 e. The van der Waals surface area contributed by atoms with Crippen molar-refractivity contribution in [1.82, 2.24) is 15.4 Å². The Morgan fingerprint density at radius 3 is 2.53 bits per heavy atom. The molecule has 1 rings (SSSR count). The fraction of sp³-hybridized carbons (Fsp3) is 0.900. The van der Waals surface area contributed by atoms with Crippen molar-refractivity contribution in [2.24, 2.45) is 0 Å². The minimum atomic E-state index is -3.07. The average Bonchev–Trinajstić information content (AvgIpc) is 2.68. The number of thiocarbonyl (C=S) groups is 1. The van der Waals surface area contributed by atoms with Crippen LogP contribution >= 0.6 is 12.2 Å². The Labute approximate surface area is 109 Å². The summed E-state index contributed by atoms with van der Waals surface area (Å²) in [5, 5.41) is 7.03. The van der Waals surface area contributed by atoms with Crippen LogP contribution in [0.5, 0.6) is 0 Å². The molecule has 0 amide bonds. The van der Waals surface area contributed by atoms with Crippen molar-refractivity contribution < 1.29 is 8.42 Å². The van der Waals surface area contributed by atoms with E-state index in [2.05, 4.69) is 15.4 Å². The second kappa shape index (κ2) is 7.13. The Morgan fingerprint density at radius 1 is 1.29 bits per heavy atom. The summed E-state index contributed by atoms with van der Waals surface area (Å²) >= 11 is 5.15. The summed E-state index contributed by atoms with van der Waals surface area (Å²) in [6, 6.07) is 0.518. The number of hydrogen-bond donors (Lipinski definition) is 3. The van der Waals surface area contributed by atoms with E-state index < -0.39 is 10.0 Å². The zero-order valence-corrected chi connectivity index (χ0v) is 11.8. The SMILES string of the molecule is CS(=O)(=O)NCCCNC(=S)NC1CCCC1. The molecule has 0 radical (unpaired) electrons. The number of nitrogens with one attached hydrogen (secondary N) is 3. The normalized spacial score (nSPS) is 17.0. The van der Waals surface area contributed by atoms with Gasteiger partial charge in [0.1, 0.15) is 0 Å². The van der Waals surface area contributed by atoms with E-state index in [1.165, 1.54) is 25.7 Å². The second-order valence-corrected chi connectivity index (χ2v) is 6.64. The molecule has 17 heavy (non-hydrogen) atoms. The molecule has 0 heterocycles. The van der Waals surface area contributed by atoms with E-state index in [1.807, 2.05) is 0 Å². The molecule has 7 heteroatoms. The van der Waals surface area contributed by atoms with Crippen LogP contribution in [0, 0.1) is 0 Å². The summed E-state index contributed by atoms with van der Waals surface area (Å²) in [5.41, 5.74) is 0. The van der Waals surface area contributed by atoms with E-state index in [0.29, 0.717) is 24.2 Å². The van der Waals surface area contributed by atoms with Crippen molar-refractivity contribution in [3.05, 3.63) is 0 Å². The summed E-state index contributed by atoms with van der Waals surface area (Å²) in [4.78, 5) is 0. The van der Waals surface area contributed by atoms with Crippen LogP contribution in [0.1, 0.15) is 32.1 Å². The van der Waals surface area contributed by atoms with Gasteiger partial charge >= 0.3 is 0 Å². The molecule has 100 valence electrons. The summed E-state index contributed by atoms with van der Waals surface area (Å²) in [7, 11) is -3.07. The maximum atomic E-state index is 10.8. The van der Waals surface area contributed by atoms with Gasteiger partial charge in [-0.3, -0.25) is 0 Å². The lowest BCUT2D eigenvalue weighted by Gasteiger charge is -2.15. The topological polar surface area (TPSA) is 70.2 Å². The summed E-state index contributed by atoms with van der Waals surface area (Å²) in [6.45, 7) is 1.12. The van der Waals surface area contributed by atoms with Crippen molar-refractivity contribution in [3.8, 4) is 0 Å². The molecule has 1 saturated carbocycles. The zero-order valence-electron chi connectivity index (χ0n) is 10.2. The highest BCUT2D eigenvalue weighted by molar-refractivity contribution is 7.88. The van der Waals surface area contributed by atoms with Gasteiger partial charge < -0.3 is 10.6 Å². The molecule has 0 bridgehead atoms. The van der Waals surface area contributed by atoms with Crippen LogP contribution in [-0.2, 0) is 10.0 Å². The molecule has 0 aliphatic heterocycles. The largest absolute Gasteiger partial charge is 0.363 e. The van der Waals surface area contributed by atoms with Gasteiger partial charge in [-0.1, -0.05) is 12.8 Å². The highest BCUT2D eigenvalue weighted by Gasteiger charge is 2.14. The van der Waals surface area contributed by atoms with Gasteiger partial charge in [0.25, 0.3) is 0 Å². The standard InChI is InChI=1S/C10H21N3O2S2/c1-17(14,15)12-8-4-7-11-10(16)13-9-5-2-3-6-9/h9,12H,2-8H2,1H3,(H2,11,13,16). The van der Waals surface area contributed by atoms with Gasteiger partial charge in [-0.05, 0) is 31.5 Å². The average molecular weight is 279 g/mol. The van der Waals surface area contributed by atoms with Crippen molar-refractivity contribution in [1.29, 1.82) is 0 Å². The second-order valence-electron chi connectivity index (χ2n) is 4.40. The van der Waals surface area contributed by atoms with Crippen molar-refractivity contribution in [2.75, 3.05) is 19.3 Å². The van der Waals surface area contributed by atoms with Gasteiger partial charge in [0.15, 0.2) is 5.11 Å². The van der Waals surface area contributed by atoms with Gasteiger partial charge in [0.05, 0.1) is 6.26 Å². The first-order valence-corrected chi connectivity index (χ1v) is 8.26. The van der Waals surface area contributed by atoms with Gasteiger partial charge in [-0.25, -0.2) is 13.1 Å². The van der Waals surface area contributed by atoms with E-state index >= 15 is 0 Å². The molecule has 0 spiro atoms. The van der Waals surface area contributed by atoms with Gasteiger partial charge in [-0.2, -0.15) is 0 Å². The third-order valence-corrected chi connectivity index (χ3v) is 3.68. The molecule has 0 atom stereocenters. The van der Waals surface area contributed by atoms with E-state index in [4.69, 9.17) is 12.2 Å². The Hall–Kier alpha value is -0.400. The van der Waals surface area contributed by atoms with Crippen molar-refractivity contribution in [2.45, 2.75) is 38.1 Å². The van der Waals surface area contributed by atoms with Crippen LogP contribution in [-0.4, -0.2) is 38.9 Å². The Balaban J connectivity index is 2.00. The third-order valence-electron chi connectivity index (χ3n) is 2.69. The Morgan fingerprint density at radius 2 is 1.94 bits per heavy atom. The van der Waals surface area contributed by atoms with E-state index in [0.717, 1.165) is 12.7 Å². The monoisotopic (exact) mass is 279 g/mol. The molecule has 0 aromatic heterocycles. The van der Waals surface area contributed by atoms with Gasteiger partial charge in [0.2, 0.25) is 10.0 Å². The summed E-state index contributed by atoms with van der Waals surface area (Å²) < 4.78 is 24.0.